The van der Waals surface area contributed by atoms with Crippen LogP contribution in [0.1, 0.15) is 10.4 Å². The molecule has 3 rings (SSSR count). The Bertz CT molecular complexity index is 284. The third kappa shape index (κ3) is 0.535. The zero-order valence-corrected chi connectivity index (χ0v) is 6.99. The number of hydrogen-bond donors (Lipinski definition) is 0. The average Bonchev–Trinajstić information content (AvgIpc) is 2.64. The van der Waals surface area contributed by atoms with Crippen molar-refractivity contribution in [1.29, 1.82) is 0 Å². The fraction of sp³-hybridized carbons (Fsp3) is 0.250. The van der Waals surface area contributed by atoms with Crippen molar-refractivity contribution in [2.75, 3.05) is 0 Å². The van der Waals surface area contributed by atoms with Gasteiger partial charge in [-0.2, -0.15) is 0 Å². The summed E-state index contributed by atoms with van der Waals surface area (Å²) < 4.78 is 5.61. The van der Waals surface area contributed by atoms with Crippen molar-refractivity contribution in [3.05, 3.63) is 29.8 Å². The Morgan fingerprint density at radius 2 is 2.20 bits per heavy atom. The van der Waals surface area contributed by atoms with Crippen LogP contribution in [0.2, 0.25) is 0 Å². The molecule has 0 aromatic heterocycles. The molecule has 2 aliphatic heterocycles. The molecule has 0 amide bonds. The molecule has 1 fully saturated rings. The van der Waals surface area contributed by atoms with Gasteiger partial charge in [-0.05, 0) is 0 Å². The Hall–Kier alpha value is -0.461. The maximum absolute atomic E-state index is 5.61. The molecule has 2 atom stereocenters. The standard InChI is InChI=1S/C8H6OSe/c1-2-4-6-5(3-1)7-8(9-6)10-7/h1-4,7-8H. The fourth-order valence-corrected chi connectivity index (χ4v) is 3.25. The number of fused-ring (bicyclic) bond motifs is 3. The number of ether oxygens (including phenoxy) is 1. The number of hydrogen-bond acceptors (Lipinski definition) is 1. The van der Waals surface area contributed by atoms with E-state index in [0.29, 0.717) is 5.00 Å². The van der Waals surface area contributed by atoms with Crippen LogP contribution >= 0.6 is 0 Å². The van der Waals surface area contributed by atoms with E-state index in [4.69, 9.17) is 4.74 Å². The first kappa shape index (κ1) is 5.22. The second kappa shape index (κ2) is 1.58. The monoisotopic (exact) mass is 198 g/mol. The molecule has 0 radical (unpaired) electrons. The van der Waals surface area contributed by atoms with Crippen LogP contribution in [-0.2, 0) is 0 Å². The van der Waals surface area contributed by atoms with E-state index in [-0.39, 0.29) is 0 Å². The van der Waals surface area contributed by atoms with E-state index in [1.807, 2.05) is 6.07 Å². The summed E-state index contributed by atoms with van der Waals surface area (Å²) in [5.74, 6) is 1.13. The molecule has 10 heavy (non-hydrogen) atoms. The van der Waals surface area contributed by atoms with E-state index >= 15 is 0 Å². The van der Waals surface area contributed by atoms with E-state index in [0.717, 1.165) is 25.5 Å². The molecule has 1 aromatic rings. The van der Waals surface area contributed by atoms with E-state index in [9.17, 15) is 0 Å². The van der Waals surface area contributed by atoms with Crippen molar-refractivity contribution in [2.45, 2.75) is 9.82 Å². The van der Waals surface area contributed by atoms with Gasteiger partial charge in [0.1, 0.15) is 0 Å². The van der Waals surface area contributed by atoms with Gasteiger partial charge in [0.25, 0.3) is 0 Å². The number of benzene rings is 1. The molecule has 50 valence electrons. The molecule has 2 unspecified atom stereocenters. The molecule has 2 aliphatic rings. The van der Waals surface area contributed by atoms with Gasteiger partial charge < -0.3 is 0 Å². The van der Waals surface area contributed by atoms with Crippen molar-refractivity contribution in [1.82, 2.24) is 0 Å². The average molecular weight is 197 g/mol. The molecular weight excluding hydrogens is 191 g/mol. The van der Waals surface area contributed by atoms with Crippen LogP contribution in [0.3, 0.4) is 0 Å². The topological polar surface area (TPSA) is 9.23 Å². The third-order valence-corrected chi connectivity index (χ3v) is 4.26. The minimum absolute atomic E-state index is 0.602. The fourth-order valence-electron chi connectivity index (χ4n) is 1.36. The van der Waals surface area contributed by atoms with Crippen LogP contribution in [0, 0.1) is 0 Å². The maximum atomic E-state index is 5.61. The number of para-hydroxylation sites is 1. The van der Waals surface area contributed by atoms with Crippen LogP contribution in [0.4, 0.5) is 0 Å². The van der Waals surface area contributed by atoms with Crippen molar-refractivity contribution in [3.63, 3.8) is 0 Å². The van der Waals surface area contributed by atoms with E-state index in [1.54, 1.807) is 0 Å². The molecular formula is C8H6OSe. The molecule has 1 nitrogen and oxygen atoms in total. The van der Waals surface area contributed by atoms with Gasteiger partial charge in [-0.3, -0.25) is 0 Å². The minimum atomic E-state index is 0.602. The molecule has 0 spiro atoms. The summed E-state index contributed by atoms with van der Waals surface area (Å²) >= 11 is 0.758. The molecule has 1 saturated heterocycles. The zero-order chi connectivity index (χ0) is 6.55. The summed E-state index contributed by atoms with van der Waals surface area (Å²) in [5.41, 5.74) is 1.45. The number of rotatable bonds is 0. The first-order chi connectivity index (χ1) is 4.95. The van der Waals surface area contributed by atoms with Crippen LogP contribution < -0.4 is 4.74 Å². The Morgan fingerprint density at radius 1 is 1.30 bits per heavy atom. The van der Waals surface area contributed by atoms with Gasteiger partial charge in [0.05, 0.1) is 0 Å². The summed E-state index contributed by atoms with van der Waals surface area (Å²) in [6.07, 6.45) is 0. The zero-order valence-electron chi connectivity index (χ0n) is 5.28. The second-order valence-corrected chi connectivity index (χ2v) is 5.19. The molecule has 0 saturated carbocycles. The summed E-state index contributed by atoms with van der Waals surface area (Å²) in [7, 11) is 0. The van der Waals surface area contributed by atoms with E-state index < -0.39 is 0 Å². The van der Waals surface area contributed by atoms with Crippen molar-refractivity contribution < 1.29 is 4.74 Å². The van der Waals surface area contributed by atoms with Gasteiger partial charge in [-0.25, -0.2) is 0 Å². The Balaban J connectivity index is 2.22. The molecule has 1 aromatic carbocycles. The van der Waals surface area contributed by atoms with Gasteiger partial charge in [0, 0.05) is 0 Å². The first-order valence-electron chi connectivity index (χ1n) is 3.36. The van der Waals surface area contributed by atoms with E-state index in [1.165, 1.54) is 5.56 Å². The van der Waals surface area contributed by atoms with Crippen molar-refractivity contribution in [2.24, 2.45) is 0 Å². The van der Waals surface area contributed by atoms with Crippen molar-refractivity contribution >= 4 is 15.0 Å². The second-order valence-electron chi connectivity index (χ2n) is 2.58. The van der Waals surface area contributed by atoms with Crippen LogP contribution in [0.15, 0.2) is 24.3 Å². The predicted molar refractivity (Wildman–Crippen MR) is 39.4 cm³/mol. The van der Waals surface area contributed by atoms with Crippen LogP contribution in [0.25, 0.3) is 0 Å². The molecule has 2 heterocycles. The quantitative estimate of drug-likeness (QED) is 0.567. The van der Waals surface area contributed by atoms with Gasteiger partial charge in [0.2, 0.25) is 0 Å². The third-order valence-electron chi connectivity index (χ3n) is 1.92. The molecule has 0 bridgehead atoms. The SMILES string of the molecule is c1ccc2c(c1)OC1[Se]C21. The summed E-state index contributed by atoms with van der Waals surface area (Å²) in [6, 6.07) is 8.39. The molecule has 0 aliphatic carbocycles. The van der Waals surface area contributed by atoms with Gasteiger partial charge in [-0.15, -0.1) is 0 Å². The van der Waals surface area contributed by atoms with Gasteiger partial charge >= 0.3 is 65.1 Å². The normalized spacial score (nSPS) is 32.4. The van der Waals surface area contributed by atoms with Gasteiger partial charge in [-0.1, -0.05) is 0 Å². The Kier molecular flexibility index (Phi) is 0.824. The van der Waals surface area contributed by atoms with E-state index in [2.05, 4.69) is 18.2 Å². The summed E-state index contributed by atoms with van der Waals surface area (Å²) in [4.78, 5) is 0.809. The Labute approximate surface area is 65.5 Å². The first-order valence-corrected chi connectivity index (χ1v) is 5.34. The summed E-state index contributed by atoms with van der Waals surface area (Å²) in [5, 5.41) is 0.602. The predicted octanol–water partition coefficient (Wildman–Crippen LogP) is 1.16. The van der Waals surface area contributed by atoms with Crippen LogP contribution in [0.5, 0.6) is 5.75 Å². The molecule has 2 heteroatoms. The van der Waals surface area contributed by atoms with Gasteiger partial charge in [0.15, 0.2) is 0 Å². The van der Waals surface area contributed by atoms with Crippen molar-refractivity contribution in [3.8, 4) is 5.75 Å². The Morgan fingerprint density at radius 3 is 3.10 bits per heavy atom. The van der Waals surface area contributed by atoms with Crippen LogP contribution in [-0.4, -0.2) is 20.0 Å². The molecule has 0 N–H and O–H groups in total. The summed E-state index contributed by atoms with van der Waals surface area (Å²) in [6.45, 7) is 0.